The Hall–Kier alpha value is -1.71. The normalized spacial score (nSPS) is 9.09. The van der Waals surface area contributed by atoms with E-state index in [0.29, 0.717) is 11.4 Å². The van der Waals surface area contributed by atoms with Crippen LogP contribution in [0.25, 0.3) is 0 Å². The minimum Gasteiger partial charge on any atom is -0.384 e. The van der Waals surface area contributed by atoms with E-state index in [-0.39, 0.29) is 5.84 Å². The van der Waals surface area contributed by atoms with Crippen molar-refractivity contribution in [3.8, 4) is 0 Å². The summed E-state index contributed by atoms with van der Waals surface area (Å²) in [7, 11) is 0. The number of nitrogens with one attached hydrogen (secondary N) is 1. The number of amidine groups is 1. The molecular formula is C7H8N4. The van der Waals surface area contributed by atoms with Crippen molar-refractivity contribution < 1.29 is 0 Å². The molecule has 0 radical (unpaired) electrons. The standard InChI is InChI=1S/C7H8N4/c1-10-6-4-5(7(8)9)2-3-11-6/h2-4H,1H2,(H3,8,9). The molecule has 1 aromatic heterocycles. The molecule has 0 aliphatic carbocycles. The van der Waals surface area contributed by atoms with Crippen molar-refractivity contribution in [1.29, 1.82) is 5.41 Å². The Kier molecular flexibility index (Phi) is 1.96. The number of hydrogen-bond donors (Lipinski definition) is 2. The van der Waals surface area contributed by atoms with E-state index in [1.807, 2.05) is 0 Å². The van der Waals surface area contributed by atoms with Gasteiger partial charge in [-0.3, -0.25) is 5.41 Å². The van der Waals surface area contributed by atoms with Crippen molar-refractivity contribution >= 4 is 18.4 Å². The Balaban J connectivity index is 3.10. The average molecular weight is 148 g/mol. The lowest BCUT2D eigenvalue weighted by Gasteiger charge is -1.96. The molecule has 0 unspecified atom stereocenters. The molecule has 0 aromatic carbocycles. The Morgan fingerprint density at radius 3 is 3.00 bits per heavy atom. The summed E-state index contributed by atoms with van der Waals surface area (Å²) >= 11 is 0. The van der Waals surface area contributed by atoms with Crippen LogP contribution >= 0.6 is 0 Å². The zero-order valence-electron chi connectivity index (χ0n) is 5.91. The van der Waals surface area contributed by atoms with E-state index in [9.17, 15) is 0 Å². The van der Waals surface area contributed by atoms with Gasteiger partial charge < -0.3 is 5.73 Å². The average Bonchev–Trinajstić information content (AvgIpc) is 2.05. The van der Waals surface area contributed by atoms with Crippen LogP contribution in [0.1, 0.15) is 5.56 Å². The van der Waals surface area contributed by atoms with E-state index in [4.69, 9.17) is 11.1 Å². The van der Waals surface area contributed by atoms with Crippen LogP contribution in [0.3, 0.4) is 0 Å². The lowest BCUT2D eigenvalue weighted by atomic mass is 10.2. The molecule has 1 heterocycles. The first-order valence-corrected chi connectivity index (χ1v) is 3.01. The molecule has 1 aromatic rings. The molecule has 1 rings (SSSR count). The minimum absolute atomic E-state index is 0.0114. The third-order valence-electron chi connectivity index (χ3n) is 1.22. The van der Waals surface area contributed by atoms with Crippen LogP contribution in [-0.2, 0) is 0 Å². The van der Waals surface area contributed by atoms with Gasteiger partial charge in [0.15, 0.2) is 5.82 Å². The van der Waals surface area contributed by atoms with Crippen LogP contribution in [0.15, 0.2) is 23.3 Å². The van der Waals surface area contributed by atoms with E-state index in [2.05, 4.69) is 16.7 Å². The number of pyridine rings is 1. The second-order valence-corrected chi connectivity index (χ2v) is 1.97. The van der Waals surface area contributed by atoms with Gasteiger partial charge in [-0.15, -0.1) is 0 Å². The maximum atomic E-state index is 7.10. The van der Waals surface area contributed by atoms with Gasteiger partial charge in [-0.05, 0) is 18.9 Å². The van der Waals surface area contributed by atoms with Gasteiger partial charge in [0.1, 0.15) is 5.84 Å². The van der Waals surface area contributed by atoms with Crippen molar-refractivity contribution in [2.75, 3.05) is 0 Å². The summed E-state index contributed by atoms with van der Waals surface area (Å²) in [6.45, 7) is 3.31. The van der Waals surface area contributed by atoms with Gasteiger partial charge in [0, 0.05) is 11.8 Å². The fourth-order valence-corrected chi connectivity index (χ4v) is 0.672. The number of nitrogens with zero attached hydrogens (tertiary/aromatic N) is 2. The summed E-state index contributed by atoms with van der Waals surface area (Å²) in [5.41, 5.74) is 5.84. The Bertz CT molecular complexity index is 292. The number of hydrogen-bond acceptors (Lipinski definition) is 3. The first kappa shape index (κ1) is 7.40. The molecule has 4 heteroatoms. The summed E-state index contributed by atoms with van der Waals surface area (Å²) in [6.07, 6.45) is 1.54. The zero-order valence-corrected chi connectivity index (χ0v) is 5.91. The third-order valence-corrected chi connectivity index (χ3v) is 1.22. The molecule has 0 amide bonds. The molecule has 0 aliphatic rings. The first-order chi connectivity index (χ1) is 5.24. The molecule has 11 heavy (non-hydrogen) atoms. The number of nitrogen functional groups attached to an aromatic ring is 1. The van der Waals surface area contributed by atoms with Crippen molar-refractivity contribution in [3.05, 3.63) is 23.9 Å². The number of aliphatic imine (C=N–C) groups is 1. The Labute approximate surface area is 64.3 Å². The van der Waals surface area contributed by atoms with Gasteiger partial charge >= 0.3 is 0 Å². The van der Waals surface area contributed by atoms with Crippen LogP contribution in [0, 0.1) is 5.41 Å². The molecule has 0 atom stereocenters. The van der Waals surface area contributed by atoms with Crippen molar-refractivity contribution in [3.63, 3.8) is 0 Å². The van der Waals surface area contributed by atoms with Gasteiger partial charge in [-0.25, -0.2) is 9.98 Å². The van der Waals surface area contributed by atoms with Gasteiger partial charge in [0.25, 0.3) is 0 Å². The van der Waals surface area contributed by atoms with Gasteiger partial charge in [-0.2, -0.15) is 0 Å². The fraction of sp³-hybridized carbons (Fsp3) is 0. The highest BCUT2D eigenvalue weighted by Crippen LogP contribution is 2.07. The van der Waals surface area contributed by atoms with Crippen LogP contribution in [0.5, 0.6) is 0 Å². The maximum absolute atomic E-state index is 7.10. The molecular weight excluding hydrogens is 140 g/mol. The van der Waals surface area contributed by atoms with Gasteiger partial charge in [0.05, 0.1) is 0 Å². The molecule has 3 N–H and O–H groups in total. The molecule has 0 saturated carbocycles. The molecule has 56 valence electrons. The number of rotatable bonds is 2. The number of nitrogens with two attached hydrogens (primary N) is 1. The minimum atomic E-state index is 0.0114. The Morgan fingerprint density at radius 1 is 1.73 bits per heavy atom. The molecule has 0 bridgehead atoms. The predicted octanol–water partition coefficient (Wildman–Crippen LogP) is 0.698. The van der Waals surface area contributed by atoms with Crippen LogP contribution < -0.4 is 5.73 Å². The SMILES string of the molecule is C=Nc1cc(C(=N)N)ccn1. The predicted molar refractivity (Wildman–Crippen MR) is 44.5 cm³/mol. The van der Waals surface area contributed by atoms with Crippen molar-refractivity contribution in [1.82, 2.24) is 4.98 Å². The smallest absolute Gasteiger partial charge is 0.151 e. The third kappa shape index (κ3) is 1.61. The van der Waals surface area contributed by atoms with E-state index in [1.165, 1.54) is 0 Å². The largest absolute Gasteiger partial charge is 0.384 e. The van der Waals surface area contributed by atoms with Gasteiger partial charge in [-0.1, -0.05) is 0 Å². The molecule has 0 aliphatic heterocycles. The van der Waals surface area contributed by atoms with E-state index >= 15 is 0 Å². The first-order valence-electron chi connectivity index (χ1n) is 3.01. The summed E-state index contributed by atoms with van der Waals surface area (Å²) in [5, 5.41) is 7.10. The summed E-state index contributed by atoms with van der Waals surface area (Å²) in [4.78, 5) is 7.46. The topological polar surface area (TPSA) is 75.1 Å². The highest BCUT2D eigenvalue weighted by atomic mass is 14.9. The molecule has 4 nitrogen and oxygen atoms in total. The molecule has 0 spiro atoms. The monoisotopic (exact) mass is 148 g/mol. The van der Waals surface area contributed by atoms with Crippen LogP contribution in [-0.4, -0.2) is 17.5 Å². The number of aromatic nitrogens is 1. The molecule has 0 saturated heterocycles. The fourth-order valence-electron chi connectivity index (χ4n) is 0.672. The highest BCUT2D eigenvalue weighted by Gasteiger charge is 1.96. The Morgan fingerprint density at radius 2 is 2.45 bits per heavy atom. The van der Waals surface area contributed by atoms with Gasteiger partial charge in [0.2, 0.25) is 0 Å². The molecule has 0 fully saturated rings. The maximum Gasteiger partial charge on any atom is 0.151 e. The quantitative estimate of drug-likeness (QED) is 0.478. The second-order valence-electron chi connectivity index (χ2n) is 1.97. The lowest BCUT2D eigenvalue weighted by Crippen LogP contribution is -2.10. The van der Waals surface area contributed by atoms with Crippen LogP contribution in [0.4, 0.5) is 5.82 Å². The van der Waals surface area contributed by atoms with E-state index in [0.717, 1.165) is 0 Å². The zero-order chi connectivity index (χ0) is 8.27. The van der Waals surface area contributed by atoms with Crippen LogP contribution in [0.2, 0.25) is 0 Å². The van der Waals surface area contributed by atoms with Crippen molar-refractivity contribution in [2.24, 2.45) is 10.7 Å². The van der Waals surface area contributed by atoms with E-state index < -0.39 is 0 Å². The second kappa shape index (κ2) is 2.92. The summed E-state index contributed by atoms with van der Waals surface area (Å²) < 4.78 is 0. The summed E-state index contributed by atoms with van der Waals surface area (Å²) in [6, 6.07) is 3.26. The highest BCUT2D eigenvalue weighted by molar-refractivity contribution is 5.95. The lowest BCUT2D eigenvalue weighted by molar-refractivity contribution is 1.27. The summed E-state index contributed by atoms with van der Waals surface area (Å²) in [5.74, 6) is 0.495. The van der Waals surface area contributed by atoms with Crippen molar-refractivity contribution in [2.45, 2.75) is 0 Å². The van der Waals surface area contributed by atoms with E-state index in [1.54, 1.807) is 18.3 Å².